The highest BCUT2D eigenvalue weighted by Gasteiger charge is 2.16. The molecule has 0 amide bonds. The fraction of sp³-hybridized carbons (Fsp3) is 0. The molecular weight excluding hydrogens is 326 g/mol. The van der Waals surface area contributed by atoms with Gasteiger partial charge in [0, 0.05) is 22.4 Å². The van der Waals surface area contributed by atoms with Crippen molar-refractivity contribution in [3.05, 3.63) is 75.3 Å². The third-order valence-electron chi connectivity index (χ3n) is 3.84. The second kappa shape index (κ2) is 5.54. The molecule has 6 heteroatoms. The van der Waals surface area contributed by atoms with Crippen LogP contribution in [-0.4, -0.2) is 20.9 Å². The fourth-order valence-corrected chi connectivity index (χ4v) is 2.81. The zero-order chi connectivity index (χ0) is 16.7. The zero-order valence-corrected chi connectivity index (χ0v) is 13.2. The maximum Gasteiger partial charge on any atom is 0.333 e. The number of halogens is 1. The van der Waals surface area contributed by atoms with Crippen molar-refractivity contribution in [3.8, 4) is 11.6 Å². The topological polar surface area (TPSA) is 70.4 Å². The number of aromatic nitrogens is 2. The molecular formula is C18H12ClN3O2. The SMILES string of the molecule is O=c1[nH]c(C=C2C=Nc3ccccc32)c(O)n1-c1ccc(Cl)cc1. The van der Waals surface area contributed by atoms with Crippen LogP contribution < -0.4 is 5.69 Å². The van der Waals surface area contributed by atoms with Crippen LogP contribution >= 0.6 is 11.6 Å². The summed E-state index contributed by atoms with van der Waals surface area (Å²) < 4.78 is 1.20. The number of hydrogen-bond acceptors (Lipinski definition) is 3. The van der Waals surface area contributed by atoms with Gasteiger partial charge in [-0.2, -0.15) is 0 Å². The van der Waals surface area contributed by atoms with E-state index in [1.807, 2.05) is 24.3 Å². The number of rotatable bonds is 2. The summed E-state index contributed by atoms with van der Waals surface area (Å²) in [5.41, 5.74) is 3.08. The molecule has 1 aliphatic rings. The summed E-state index contributed by atoms with van der Waals surface area (Å²) in [6, 6.07) is 14.3. The third-order valence-corrected chi connectivity index (χ3v) is 4.09. The van der Waals surface area contributed by atoms with Gasteiger partial charge in [0.2, 0.25) is 5.88 Å². The van der Waals surface area contributed by atoms with Crippen molar-refractivity contribution in [1.82, 2.24) is 9.55 Å². The van der Waals surface area contributed by atoms with E-state index >= 15 is 0 Å². The van der Waals surface area contributed by atoms with Crippen LogP contribution in [0.15, 0.2) is 58.3 Å². The molecule has 1 aromatic heterocycles. The maximum absolute atomic E-state index is 12.2. The number of nitrogens with zero attached hydrogens (tertiary/aromatic N) is 2. The van der Waals surface area contributed by atoms with E-state index < -0.39 is 5.69 Å². The fourth-order valence-electron chi connectivity index (χ4n) is 2.68. The Morgan fingerprint density at radius 3 is 2.67 bits per heavy atom. The Morgan fingerprint density at radius 1 is 1.12 bits per heavy atom. The molecule has 4 rings (SSSR count). The van der Waals surface area contributed by atoms with Crippen molar-refractivity contribution in [2.24, 2.45) is 4.99 Å². The molecule has 2 aromatic carbocycles. The molecule has 2 N–H and O–H groups in total. The summed E-state index contributed by atoms with van der Waals surface area (Å²) >= 11 is 5.86. The smallest absolute Gasteiger partial charge is 0.333 e. The second-order valence-electron chi connectivity index (χ2n) is 5.35. The van der Waals surface area contributed by atoms with E-state index in [1.54, 1.807) is 36.6 Å². The van der Waals surface area contributed by atoms with Gasteiger partial charge in [-0.3, -0.25) is 4.99 Å². The van der Waals surface area contributed by atoms with Gasteiger partial charge < -0.3 is 10.1 Å². The summed E-state index contributed by atoms with van der Waals surface area (Å²) in [6.07, 6.45) is 3.42. The molecule has 0 fully saturated rings. The molecule has 1 aliphatic heterocycles. The number of fused-ring (bicyclic) bond motifs is 1. The van der Waals surface area contributed by atoms with Crippen molar-refractivity contribution < 1.29 is 5.11 Å². The van der Waals surface area contributed by atoms with Gasteiger partial charge >= 0.3 is 5.69 Å². The Kier molecular flexibility index (Phi) is 3.36. The number of allylic oxidation sites excluding steroid dienone is 1. The molecule has 0 spiro atoms. The molecule has 0 saturated heterocycles. The number of aromatic hydroxyl groups is 1. The number of para-hydroxylation sites is 1. The molecule has 118 valence electrons. The molecule has 0 bridgehead atoms. The van der Waals surface area contributed by atoms with Gasteiger partial charge in [0.25, 0.3) is 0 Å². The molecule has 0 radical (unpaired) electrons. The lowest BCUT2D eigenvalue weighted by Gasteiger charge is -2.03. The average Bonchev–Trinajstić information content (AvgIpc) is 3.11. The number of H-pyrrole nitrogens is 1. The Morgan fingerprint density at radius 2 is 1.88 bits per heavy atom. The quantitative estimate of drug-likeness (QED) is 0.747. The number of aliphatic imine (C=N–C) groups is 1. The Hall–Kier alpha value is -3.05. The summed E-state index contributed by atoms with van der Waals surface area (Å²) in [6.45, 7) is 0. The Balaban J connectivity index is 1.81. The first kappa shape index (κ1) is 14.5. The molecule has 24 heavy (non-hydrogen) atoms. The Bertz CT molecular complexity index is 1040. The van der Waals surface area contributed by atoms with Crippen molar-refractivity contribution in [2.75, 3.05) is 0 Å². The summed E-state index contributed by atoms with van der Waals surface area (Å²) in [5, 5.41) is 11.0. The van der Waals surface area contributed by atoms with Crippen molar-refractivity contribution in [3.63, 3.8) is 0 Å². The van der Waals surface area contributed by atoms with Crippen LogP contribution in [0.5, 0.6) is 5.88 Å². The molecule has 0 unspecified atom stereocenters. The van der Waals surface area contributed by atoms with Crippen molar-refractivity contribution >= 4 is 35.2 Å². The minimum absolute atomic E-state index is 0.160. The first-order valence-corrected chi connectivity index (χ1v) is 7.66. The minimum Gasteiger partial charge on any atom is -0.493 e. The highest BCUT2D eigenvalue weighted by Crippen LogP contribution is 2.33. The van der Waals surface area contributed by atoms with Crippen LogP contribution in [0.25, 0.3) is 17.3 Å². The largest absolute Gasteiger partial charge is 0.493 e. The van der Waals surface area contributed by atoms with Gasteiger partial charge in [0.15, 0.2) is 0 Å². The van der Waals surface area contributed by atoms with Gasteiger partial charge in [-0.15, -0.1) is 0 Å². The average molecular weight is 338 g/mol. The van der Waals surface area contributed by atoms with Crippen molar-refractivity contribution in [2.45, 2.75) is 0 Å². The van der Waals surface area contributed by atoms with Gasteiger partial charge in [-0.05, 0) is 36.4 Å². The van der Waals surface area contributed by atoms with E-state index in [0.29, 0.717) is 16.4 Å². The zero-order valence-electron chi connectivity index (χ0n) is 12.4. The van der Waals surface area contributed by atoms with E-state index in [1.165, 1.54) is 4.57 Å². The third kappa shape index (κ3) is 2.35. The maximum atomic E-state index is 12.2. The van der Waals surface area contributed by atoms with Crippen LogP contribution in [0.3, 0.4) is 0 Å². The van der Waals surface area contributed by atoms with E-state index in [9.17, 15) is 9.90 Å². The van der Waals surface area contributed by atoms with Crippen LogP contribution in [-0.2, 0) is 0 Å². The highest BCUT2D eigenvalue weighted by atomic mass is 35.5. The summed E-state index contributed by atoms with van der Waals surface area (Å²) in [5.74, 6) is -0.160. The number of imidazole rings is 1. The second-order valence-corrected chi connectivity index (χ2v) is 5.79. The van der Waals surface area contributed by atoms with E-state index in [0.717, 1.165) is 16.8 Å². The van der Waals surface area contributed by atoms with Crippen molar-refractivity contribution in [1.29, 1.82) is 0 Å². The lowest BCUT2D eigenvalue weighted by Crippen LogP contribution is -2.14. The van der Waals surface area contributed by atoms with E-state index in [4.69, 9.17) is 11.6 Å². The van der Waals surface area contributed by atoms with Gasteiger partial charge in [0.1, 0.15) is 5.69 Å². The Labute approximate surface area is 142 Å². The first-order valence-electron chi connectivity index (χ1n) is 7.28. The monoisotopic (exact) mass is 337 g/mol. The normalized spacial score (nSPS) is 14.3. The van der Waals surface area contributed by atoms with Gasteiger partial charge in [-0.1, -0.05) is 29.8 Å². The minimum atomic E-state index is -0.426. The molecule has 3 aromatic rings. The van der Waals surface area contributed by atoms with E-state index in [-0.39, 0.29) is 5.88 Å². The molecule has 0 aliphatic carbocycles. The number of hydrogen-bond donors (Lipinski definition) is 2. The lowest BCUT2D eigenvalue weighted by atomic mass is 10.1. The highest BCUT2D eigenvalue weighted by molar-refractivity contribution is 6.30. The number of aromatic amines is 1. The van der Waals surface area contributed by atoms with Crippen LogP contribution in [0, 0.1) is 0 Å². The predicted molar refractivity (Wildman–Crippen MR) is 95.5 cm³/mol. The molecule has 2 heterocycles. The van der Waals surface area contributed by atoms with E-state index in [2.05, 4.69) is 9.98 Å². The number of nitrogens with one attached hydrogen (secondary N) is 1. The van der Waals surface area contributed by atoms with Crippen LogP contribution in [0.4, 0.5) is 5.69 Å². The molecule has 0 atom stereocenters. The molecule has 5 nitrogen and oxygen atoms in total. The number of benzene rings is 2. The summed E-state index contributed by atoms with van der Waals surface area (Å²) in [7, 11) is 0. The standard InChI is InChI=1S/C18H12ClN3O2/c19-12-5-7-13(8-6-12)22-17(23)16(21-18(22)24)9-11-10-20-15-4-2-1-3-14(11)15/h1-10,23H,(H,21,24). The lowest BCUT2D eigenvalue weighted by molar-refractivity contribution is 0.440. The van der Waals surface area contributed by atoms with Crippen LogP contribution in [0.2, 0.25) is 5.02 Å². The summed E-state index contributed by atoms with van der Waals surface area (Å²) in [4.78, 5) is 19.2. The predicted octanol–water partition coefficient (Wildman–Crippen LogP) is 3.78. The van der Waals surface area contributed by atoms with Gasteiger partial charge in [0.05, 0.1) is 11.4 Å². The van der Waals surface area contributed by atoms with Crippen LogP contribution in [0.1, 0.15) is 11.3 Å². The molecule has 0 saturated carbocycles. The first-order chi connectivity index (χ1) is 11.6. The van der Waals surface area contributed by atoms with Gasteiger partial charge in [-0.25, -0.2) is 9.36 Å².